The minimum Gasteiger partial charge on any atom is -0.496 e. The third kappa shape index (κ3) is 2.83. The summed E-state index contributed by atoms with van der Waals surface area (Å²) in [5.74, 6) is -0.267. The summed E-state index contributed by atoms with van der Waals surface area (Å²) in [5, 5.41) is 12.2. The Balaban J connectivity index is 2.19. The van der Waals surface area contributed by atoms with Crippen LogP contribution in [0.2, 0.25) is 0 Å². The Morgan fingerprint density at radius 1 is 1.25 bits per heavy atom. The van der Waals surface area contributed by atoms with Crippen molar-refractivity contribution in [2.45, 2.75) is 6.54 Å². The van der Waals surface area contributed by atoms with Crippen molar-refractivity contribution in [3.63, 3.8) is 0 Å². The number of methoxy groups -OCH3 is 1. The molecule has 0 aliphatic heterocycles. The number of rotatable bonds is 5. The molecule has 5 nitrogen and oxygen atoms in total. The third-order valence-electron chi connectivity index (χ3n) is 3.00. The molecule has 104 valence electrons. The van der Waals surface area contributed by atoms with E-state index in [1.54, 1.807) is 19.2 Å². The normalized spacial score (nSPS) is 10.1. The second-order valence-electron chi connectivity index (χ2n) is 4.24. The Morgan fingerprint density at radius 2 is 2.00 bits per heavy atom. The van der Waals surface area contributed by atoms with Crippen molar-refractivity contribution in [1.82, 2.24) is 0 Å². The molecule has 0 radical (unpaired) electrons. The van der Waals surface area contributed by atoms with Crippen molar-refractivity contribution < 1.29 is 14.6 Å². The van der Waals surface area contributed by atoms with Crippen LogP contribution in [0.5, 0.6) is 5.75 Å². The Hall–Kier alpha value is -2.69. The first-order valence-corrected chi connectivity index (χ1v) is 6.11. The fourth-order valence-electron chi connectivity index (χ4n) is 1.95. The molecule has 0 heterocycles. The van der Waals surface area contributed by atoms with Crippen LogP contribution in [0.4, 0.5) is 11.4 Å². The summed E-state index contributed by atoms with van der Waals surface area (Å²) in [5.41, 5.74) is 7.73. The highest BCUT2D eigenvalue weighted by atomic mass is 16.5. The van der Waals surface area contributed by atoms with E-state index in [4.69, 9.17) is 15.6 Å². The lowest BCUT2D eigenvalue weighted by atomic mass is 10.1. The van der Waals surface area contributed by atoms with Gasteiger partial charge >= 0.3 is 5.97 Å². The van der Waals surface area contributed by atoms with Gasteiger partial charge in [-0.2, -0.15) is 0 Å². The number of ether oxygens (including phenoxy) is 1. The van der Waals surface area contributed by atoms with Gasteiger partial charge in [0.15, 0.2) is 0 Å². The van der Waals surface area contributed by atoms with Crippen LogP contribution in [0.15, 0.2) is 42.5 Å². The summed E-state index contributed by atoms with van der Waals surface area (Å²) < 4.78 is 5.26. The van der Waals surface area contributed by atoms with Crippen molar-refractivity contribution in [2.24, 2.45) is 0 Å². The summed E-state index contributed by atoms with van der Waals surface area (Å²) in [6.45, 7) is 0.497. The zero-order valence-electron chi connectivity index (χ0n) is 11.1. The molecule has 0 aliphatic carbocycles. The zero-order chi connectivity index (χ0) is 14.5. The van der Waals surface area contributed by atoms with Gasteiger partial charge in [-0.25, -0.2) is 4.79 Å². The molecule has 0 spiro atoms. The number of hydrogen-bond donors (Lipinski definition) is 3. The Bertz CT molecular complexity index is 626. The maximum Gasteiger partial charge on any atom is 0.337 e. The topological polar surface area (TPSA) is 84.6 Å². The van der Waals surface area contributed by atoms with Crippen LogP contribution in [-0.2, 0) is 6.54 Å². The quantitative estimate of drug-likeness (QED) is 0.728. The lowest BCUT2D eigenvalue weighted by molar-refractivity contribution is 0.0698. The maximum absolute atomic E-state index is 11.0. The first kappa shape index (κ1) is 13.7. The van der Waals surface area contributed by atoms with Crippen molar-refractivity contribution in [1.29, 1.82) is 0 Å². The molecule has 5 heteroatoms. The van der Waals surface area contributed by atoms with E-state index < -0.39 is 5.97 Å². The van der Waals surface area contributed by atoms with E-state index in [2.05, 4.69) is 5.32 Å². The standard InChI is InChI=1S/C15H16N2O3/c1-20-13-8-3-2-5-10(13)9-17-12-7-4-6-11(14(12)16)15(18)19/h2-8,17H,9,16H2,1H3,(H,18,19). The number of carboxylic acids is 1. The summed E-state index contributed by atoms with van der Waals surface area (Å²) in [6, 6.07) is 12.5. The van der Waals surface area contributed by atoms with Crippen LogP contribution in [0, 0.1) is 0 Å². The second-order valence-corrected chi connectivity index (χ2v) is 4.24. The molecule has 0 unspecified atom stereocenters. The molecule has 0 aromatic heterocycles. The maximum atomic E-state index is 11.0. The van der Waals surface area contributed by atoms with Gasteiger partial charge in [-0.15, -0.1) is 0 Å². The fourth-order valence-corrected chi connectivity index (χ4v) is 1.95. The Morgan fingerprint density at radius 3 is 2.70 bits per heavy atom. The number of nitrogens with two attached hydrogens (primary N) is 1. The number of carboxylic acid groups (broad SMARTS) is 1. The number of hydrogen-bond acceptors (Lipinski definition) is 4. The highest BCUT2D eigenvalue weighted by Crippen LogP contribution is 2.25. The van der Waals surface area contributed by atoms with Gasteiger partial charge in [0.05, 0.1) is 24.0 Å². The molecule has 0 atom stereocenters. The lowest BCUT2D eigenvalue weighted by Crippen LogP contribution is -2.08. The van der Waals surface area contributed by atoms with Crippen LogP contribution < -0.4 is 15.8 Å². The van der Waals surface area contributed by atoms with Crippen LogP contribution >= 0.6 is 0 Å². The van der Waals surface area contributed by atoms with E-state index in [9.17, 15) is 4.79 Å². The van der Waals surface area contributed by atoms with Gasteiger partial charge in [0.25, 0.3) is 0 Å². The van der Waals surface area contributed by atoms with Gasteiger partial charge in [-0.05, 0) is 18.2 Å². The zero-order valence-corrected chi connectivity index (χ0v) is 11.1. The van der Waals surface area contributed by atoms with Crippen molar-refractivity contribution >= 4 is 17.3 Å². The molecule has 2 aromatic rings. The predicted molar refractivity (Wildman–Crippen MR) is 78.1 cm³/mol. The number of benzene rings is 2. The third-order valence-corrected chi connectivity index (χ3v) is 3.00. The van der Waals surface area contributed by atoms with Gasteiger partial charge < -0.3 is 20.9 Å². The smallest absolute Gasteiger partial charge is 0.337 e. The molecule has 20 heavy (non-hydrogen) atoms. The number of anilines is 2. The molecule has 0 saturated carbocycles. The Labute approximate surface area is 117 Å². The SMILES string of the molecule is COc1ccccc1CNc1cccc(C(=O)O)c1N. The van der Waals surface area contributed by atoms with Gasteiger partial charge in [-0.3, -0.25) is 0 Å². The highest BCUT2D eigenvalue weighted by Gasteiger charge is 2.11. The van der Waals surface area contributed by atoms with Crippen molar-refractivity contribution in [2.75, 3.05) is 18.2 Å². The van der Waals surface area contributed by atoms with E-state index >= 15 is 0 Å². The lowest BCUT2D eigenvalue weighted by Gasteiger charge is -2.13. The number of nitrogens with one attached hydrogen (secondary N) is 1. The van der Waals surface area contributed by atoms with E-state index in [-0.39, 0.29) is 11.3 Å². The monoisotopic (exact) mass is 272 g/mol. The number of nitrogen functional groups attached to an aromatic ring is 1. The predicted octanol–water partition coefficient (Wildman–Crippen LogP) is 2.59. The minimum atomic E-state index is -1.04. The second kappa shape index (κ2) is 5.97. The number of para-hydroxylation sites is 2. The molecular formula is C15H16N2O3. The van der Waals surface area contributed by atoms with Crippen LogP contribution in [0.3, 0.4) is 0 Å². The first-order valence-electron chi connectivity index (χ1n) is 6.11. The molecule has 2 rings (SSSR count). The molecule has 4 N–H and O–H groups in total. The minimum absolute atomic E-state index is 0.0926. The fraction of sp³-hybridized carbons (Fsp3) is 0.133. The van der Waals surface area contributed by atoms with Gasteiger partial charge in [0, 0.05) is 12.1 Å². The van der Waals surface area contributed by atoms with Gasteiger partial charge in [0.2, 0.25) is 0 Å². The van der Waals surface area contributed by atoms with Crippen LogP contribution in [0.1, 0.15) is 15.9 Å². The van der Waals surface area contributed by atoms with Gasteiger partial charge in [0.1, 0.15) is 5.75 Å². The average Bonchev–Trinajstić information content (AvgIpc) is 2.46. The molecule has 0 aliphatic rings. The number of carbonyl (C=O) groups is 1. The van der Waals surface area contributed by atoms with E-state index in [1.807, 2.05) is 24.3 Å². The molecule has 0 bridgehead atoms. The largest absolute Gasteiger partial charge is 0.496 e. The summed E-state index contributed by atoms with van der Waals surface area (Å²) >= 11 is 0. The molecule has 0 fully saturated rings. The molecule has 0 amide bonds. The van der Waals surface area contributed by atoms with Gasteiger partial charge in [-0.1, -0.05) is 24.3 Å². The first-order chi connectivity index (χ1) is 9.63. The van der Waals surface area contributed by atoms with Crippen LogP contribution in [-0.4, -0.2) is 18.2 Å². The molecule has 2 aromatic carbocycles. The van der Waals surface area contributed by atoms with Crippen LogP contribution in [0.25, 0.3) is 0 Å². The van der Waals surface area contributed by atoms with E-state index in [0.29, 0.717) is 12.2 Å². The van der Waals surface area contributed by atoms with E-state index in [0.717, 1.165) is 11.3 Å². The summed E-state index contributed by atoms with van der Waals surface area (Å²) in [7, 11) is 1.61. The molecular weight excluding hydrogens is 256 g/mol. The van der Waals surface area contributed by atoms with E-state index in [1.165, 1.54) is 6.07 Å². The highest BCUT2D eigenvalue weighted by molar-refractivity contribution is 5.97. The summed E-state index contributed by atoms with van der Waals surface area (Å²) in [4.78, 5) is 11.0. The Kier molecular flexibility index (Phi) is 4.10. The summed E-state index contributed by atoms with van der Waals surface area (Å²) in [6.07, 6.45) is 0. The number of aromatic carboxylic acids is 1. The molecule has 0 saturated heterocycles. The van der Waals surface area contributed by atoms with Crippen molar-refractivity contribution in [3.8, 4) is 5.75 Å². The van der Waals surface area contributed by atoms with Crippen molar-refractivity contribution in [3.05, 3.63) is 53.6 Å². The average molecular weight is 272 g/mol.